The summed E-state index contributed by atoms with van der Waals surface area (Å²) in [4.78, 5) is 0.0385. The number of nitrogens with one attached hydrogen (secondary N) is 1. The Morgan fingerprint density at radius 1 is 1.13 bits per heavy atom. The minimum atomic E-state index is -3.76. The Bertz CT molecular complexity index is 919. The fraction of sp³-hybridized carbons (Fsp3) is 0.200. The van der Waals surface area contributed by atoms with Crippen LogP contribution in [0.3, 0.4) is 0 Å². The molecule has 0 bridgehead atoms. The number of aromatic nitrogens is 2. The van der Waals surface area contributed by atoms with E-state index in [1.165, 1.54) is 6.07 Å². The van der Waals surface area contributed by atoms with Crippen molar-refractivity contribution in [1.29, 1.82) is 0 Å². The summed E-state index contributed by atoms with van der Waals surface area (Å²) in [6.45, 7) is 1.76. The Kier molecular flexibility index (Phi) is 4.01. The first-order valence-electron chi connectivity index (χ1n) is 6.89. The summed E-state index contributed by atoms with van der Waals surface area (Å²) in [5.41, 5.74) is 1.42. The van der Waals surface area contributed by atoms with Gasteiger partial charge in [0.2, 0.25) is 10.0 Å². The van der Waals surface area contributed by atoms with E-state index >= 15 is 0 Å². The van der Waals surface area contributed by atoms with Crippen molar-refractivity contribution >= 4 is 21.1 Å². The second-order valence-corrected chi connectivity index (χ2v) is 6.69. The molecular weight excluding hydrogens is 318 g/mol. The number of nitrogens with zero attached hydrogens (tertiary/aromatic N) is 2. The number of rotatable bonds is 5. The molecule has 3 rings (SSSR count). The maximum atomic E-state index is 12.6. The molecule has 3 aromatic rings. The van der Waals surface area contributed by atoms with Gasteiger partial charge < -0.3 is 4.74 Å². The fourth-order valence-corrected chi connectivity index (χ4v) is 3.64. The van der Waals surface area contributed by atoms with Crippen molar-refractivity contribution in [2.45, 2.75) is 17.9 Å². The summed E-state index contributed by atoms with van der Waals surface area (Å²) in [5.74, 6) is 0.710. The van der Waals surface area contributed by atoms with Crippen LogP contribution in [-0.2, 0) is 10.0 Å². The number of hydrogen-bond donors (Lipinski definition) is 1. The molecule has 0 aliphatic carbocycles. The third-order valence-electron chi connectivity index (χ3n) is 3.49. The predicted molar refractivity (Wildman–Crippen MR) is 83.5 cm³/mol. The number of benzene rings is 2. The molecule has 1 N–H and O–H groups in total. The van der Waals surface area contributed by atoms with Gasteiger partial charge in [0.15, 0.2) is 5.52 Å². The highest BCUT2D eigenvalue weighted by Gasteiger charge is 2.22. The molecule has 8 heteroatoms. The highest BCUT2D eigenvalue weighted by molar-refractivity contribution is 7.89. The zero-order valence-electron chi connectivity index (χ0n) is 12.6. The Balaban J connectivity index is 1.89. The minimum absolute atomic E-state index is 0.0385. The lowest BCUT2D eigenvalue weighted by molar-refractivity contribution is 0.315. The number of hydrogen-bond acceptors (Lipinski definition) is 6. The van der Waals surface area contributed by atoms with Gasteiger partial charge in [-0.05, 0) is 47.1 Å². The Morgan fingerprint density at radius 3 is 2.57 bits per heavy atom. The van der Waals surface area contributed by atoms with Gasteiger partial charge in [-0.2, -0.15) is 0 Å². The van der Waals surface area contributed by atoms with Crippen molar-refractivity contribution in [3.05, 3.63) is 48.0 Å². The van der Waals surface area contributed by atoms with Crippen LogP contribution in [0.25, 0.3) is 11.0 Å². The Labute approximate surface area is 133 Å². The molecule has 0 spiro atoms. The van der Waals surface area contributed by atoms with E-state index in [2.05, 4.69) is 19.7 Å². The third kappa shape index (κ3) is 3.03. The average Bonchev–Trinajstić information content (AvgIpc) is 3.02. The minimum Gasteiger partial charge on any atom is -0.497 e. The average molecular weight is 333 g/mol. The SMILES string of the molecule is COc1ccc([C@@H](C)NS(=O)(=O)c2cccc3nonc23)cc1. The third-order valence-corrected chi connectivity index (χ3v) is 5.06. The summed E-state index contributed by atoms with van der Waals surface area (Å²) >= 11 is 0. The maximum Gasteiger partial charge on any atom is 0.243 e. The normalized spacial score (nSPS) is 13.1. The molecule has 120 valence electrons. The van der Waals surface area contributed by atoms with E-state index in [0.717, 1.165) is 5.56 Å². The monoisotopic (exact) mass is 333 g/mol. The maximum absolute atomic E-state index is 12.6. The van der Waals surface area contributed by atoms with Crippen molar-refractivity contribution in [3.8, 4) is 5.75 Å². The first-order chi connectivity index (χ1) is 11.0. The van der Waals surface area contributed by atoms with Gasteiger partial charge in [-0.25, -0.2) is 17.8 Å². The number of sulfonamides is 1. The zero-order chi connectivity index (χ0) is 16.4. The van der Waals surface area contributed by atoms with Crippen LogP contribution in [0.1, 0.15) is 18.5 Å². The molecule has 0 fully saturated rings. The van der Waals surface area contributed by atoms with E-state index < -0.39 is 16.1 Å². The molecule has 0 amide bonds. The van der Waals surface area contributed by atoms with Crippen LogP contribution in [0.5, 0.6) is 5.75 Å². The van der Waals surface area contributed by atoms with Crippen LogP contribution in [0.4, 0.5) is 0 Å². The molecule has 0 aliphatic rings. The summed E-state index contributed by atoms with van der Waals surface area (Å²) in [5, 5.41) is 7.32. The van der Waals surface area contributed by atoms with Crippen molar-refractivity contribution in [2.24, 2.45) is 0 Å². The highest BCUT2D eigenvalue weighted by Crippen LogP contribution is 2.23. The number of fused-ring (bicyclic) bond motifs is 1. The molecule has 1 atom stereocenters. The van der Waals surface area contributed by atoms with E-state index in [1.807, 2.05) is 12.1 Å². The van der Waals surface area contributed by atoms with E-state index in [4.69, 9.17) is 4.74 Å². The van der Waals surface area contributed by atoms with Gasteiger partial charge in [0, 0.05) is 6.04 Å². The summed E-state index contributed by atoms with van der Waals surface area (Å²) in [7, 11) is -2.19. The standard InChI is InChI=1S/C15H15N3O4S/c1-10(11-6-8-12(21-2)9-7-11)18-23(19,20)14-5-3-4-13-15(14)17-22-16-13/h3-10,18H,1-2H3/t10-/m1/s1. The molecule has 7 nitrogen and oxygen atoms in total. The van der Waals surface area contributed by atoms with Crippen molar-refractivity contribution in [3.63, 3.8) is 0 Å². The van der Waals surface area contributed by atoms with Gasteiger partial charge in [0.05, 0.1) is 7.11 Å². The molecule has 0 unspecified atom stereocenters. The van der Waals surface area contributed by atoms with E-state index in [9.17, 15) is 8.42 Å². The Morgan fingerprint density at radius 2 is 1.87 bits per heavy atom. The molecule has 0 saturated heterocycles. The lowest BCUT2D eigenvalue weighted by atomic mass is 10.1. The molecule has 1 heterocycles. The first kappa shape index (κ1) is 15.4. The van der Waals surface area contributed by atoms with E-state index in [-0.39, 0.29) is 10.4 Å². The van der Waals surface area contributed by atoms with Gasteiger partial charge in [-0.1, -0.05) is 18.2 Å². The van der Waals surface area contributed by atoms with Crippen LogP contribution >= 0.6 is 0 Å². The van der Waals surface area contributed by atoms with Crippen LogP contribution in [0.15, 0.2) is 52.0 Å². The molecular formula is C15H15N3O4S. The molecule has 1 aromatic heterocycles. The first-order valence-corrected chi connectivity index (χ1v) is 8.37. The van der Waals surface area contributed by atoms with Gasteiger partial charge in [0.25, 0.3) is 0 Å². The number of ether oxygens (including phenoxy) is 1. The zero-order valence-corrected chi connectivity index (χ0v) is 13.4. The van der Waals surface area contributed by atoms with Crippen LogP contribution in [0, 0.1) is 0 Å². The molecule has 23 heavy (non-hydrogen) atoms. The van der Waals surface area contributed by atoms with Gasteiger partial charge in [0.1, 0.15) is 16.2 Å². The summed E-state index contributed by atoms with van der Waals surface area (Å²) in [6.07, 6.45) is 0. The van der Waals surface area contributed by atoms with E-state index in [0.29, 0.717) is 11.3 Å². The second kappa shape index (κ2) is 5.98. The van der Waals surface area contributed by atoms with Crippen molar-refractivity contribution in [2.75, 3.05) is 7.11 Å². The van der Waals surface area contributed by atoms with Gasteiger partial charge in [-0.3, -0.25) is 0 Å². The van der Waals surface area contributed by atoms with Crippen molar-refractivity contribution < 1.29 is 17.8 Å². The van der Waals surface area contributed by atoms with Crippen molar-refractivity contribution in [1.82, 2.24) is 15.0 Å². The topological polar surface area (TPSA) is 94.3 Å². The van der Waals surface area contributed by atoms with E-state index in [1.54, 1.807) is 38.3 Å². The lowest BCUT2D eigenvalue weighted by Crippen LogP contribution is -2.27. The van der Waals surface area contributed by atoms with Crippen LogP contribution < -0.4 is 9.46 Å². The van der Waals surface area contributed by atoms with Gasteiger partial charge >= 0.3 is 0 Å². The molecule has 0 radical (unpaired) electrons. The number of methoxy groups -OCH3 is 1. The second-order valence-electron chi connectivity index (χ2n) is 5.00. The smallest absolute Gasteiger partial charge is 0.243 e. The quantitative estimate of drug-likeness (QED) is 0.770. The fourth-order valence-electron chi connectivity index (χ4n) is 2.26. The highest BCUT2D eigenvalue weighted by atomic mass is 32.2. The molecule has 0 aliphatic heterocycles. The Hall–Kier alpha value is -2.45. The van der Waals surface area contributed by atoms with Crippen LogP contribution in [-0.4, -0.2) is 25.8 Å². The predicted octanol–water partition coefficient (Wildman–Crippen LogP) is 2.27. The summed E-state index contributed by atoms with van der Waals surface area (Å²) in [6, 6.07) is 11.5. The summed E-state index contributed by atoms with van der Waals surface area (Å²) < 4.78 is 37.5. The lowest BCUT2D eigenvalue weighted by Gasteiger charge is -2.15. The van der Waals surface area contributed by atoms with Gasteiger partial charge in [-0.15, -0.1) is 0 Å². The molecule has 2 aromatic carbocycles. The largest absolute Gasteiger partial charge is 0.497 e. The molecule has 0 saturated carbocycles. The van der Waals surface area contributed by atoms with Crippen LogP contribution in [0.2, 0.25) is 0 Å².